The lowest BCUT2D eigenvalue weighted by Gasteiger charge is -2.21. The number of aliphatic carboxylic acids is 1. The zero-order chi connectivity index (χ0) is 15.3. The average Bonchev–Trinajstić information content (AvgIpc) is 2.72. The van der Waals surface area contributed by atoms with Gasteiger partial charge in [0.1, 0.15) is 6.04 Å². The summed E-state index contributed by atoms with van der Waals surface area (Å²) in [7, 11) is 0. The number of nitrogens with one attached hydrogen (secondary N) is 1. The van der Waals surface area contributed by atoms with Gasteiger partial charge in [-0.2, -0.15) is 0 Å². The van der Waals surface area contributed by atoms with E-state index in [2.05, 4.69) is 5.32 Å². The topological polar surface area (TPSA) is 104 Å². The van der Waals surface area contributed by atoms with Crippen molar-refractivity contribution in [3.05, 3.63) is 0 Å². The Morgan fingerprint density at radius 1 is 1.30 bits per heavy atom. The van der Waals surface area contributed by atoms with E-state index >= 15 is 0 Å². The second kappa shape index (κ2) is 7.02. The highest BCUT2D eigenvalue weighted by atomic mass is 16.4. The number of carboxylic acids is 1. The molecule has 0 aliphatic carbocycles. The number of rotatable bonds is 7. The van der Waals surface area contributed by atoms with Gasteiger partial charge in [-0.1, -0.05) is 20.3 Å². The Morgan fingerprint density at radius 2 is 1.85 bits per heavy atom. The van der Waals surface area contributed by atoms with Crippen LogP contribution in [-0.2, 0) is 19.2 Å². The minimum atomic E-state index is -1.08. The van der Waals surface area contributed by atoms with Gasteiger partial charge in [-0.05, 0) is 5.92 Å². The maximum atomic E-state index is 11.7. The van der Waals surface area contributed by atoms with Crippen LogP contribution in [-0.4, -0.2) is 46.3 Å². The molecule has 20 heavy (non-hydrogen) atoms. The highest BCUT2D eigenvalue weighted by Crippen LogP contribution is 2.12. The molecule has 1 heterocycles. The fraction of sp³-hybridized carbons (Fsp3) is 0.692. The summed E-state index contributed by atoms with van der Waals surface area (Å²) in [5.74, 6) is -2.29. The van der Waals surface area contributed by atoms with Crippen LogP contribution in [0, 0.1) is 5.92 Å². The molecular weight excluding hydrogens is 264 g/mol. The van der Waals surface area contributed by atoms with Crippen molar-refractivity contribution in [2.45, 2.75) is 45.6 Å². The molecule has 1 rings (SSSR count). The number of hydrogen-bond acceptors (Lipinski definition) is 4. The fourth-order valence-electron chi connectivity index (χ4n) is 2.01. The van der Waals surface area contributed by atoms with Gasteiger partial charge in [0.05, 0.1) is 0 Å². The molecule has 0 radical (unpaired) electrons. The number of carbonyl (C=O) groups excluding carboxylic acids is 3. The Balaban J connectivity index is 2.48. The number of nitrogens with zero attached hydrogens (tertiary/aromatic N) is 1. The predicted octanol–water partition coefficient (Wildman–Crippen LogP) is 0.141. The maximum Gasteiger partial charge on any atom is 0.326 e. The number of likely N-dealkylation sites (tertiary alicyclic amines) is 1. The van der Waals surface area contributed by atoms with E-state index < -0.39 is 17.9 Å². The van der Waals surface area contributed by atoms with Gasteiger partial charge in [0.2, 0.25) is 17.7 Å². The molecule has 7 heteroatoms. The zero-order valence-corrected chi connectivity index (χ0v) is 11.7. The molecule has 0 saturated carbocycles. The van der Waals surface area contributed by atoms with Crippen molar-refractivity contribution in [1.29, 1.82) is 0 Å². The van der Waals surface area contributed by atoms with Gasteiger partial charge in [0, 0.05) is 25.8 Å². The molecular formula is C13H20N2O5. The Hall–Kier alpha value is -1.92. The first-order valence-electron chi connectivity index (χ1n) is 6.72. The lowest BCUT2D eigenvalue weighted by molar-refractivity contribution is -0.144. The number of carbonyl (C=O) groups is 4. The minimum absolute atomic E-state index is 0.0103. The van der Waals surface area contributed by atoms with E-state index in [1.165, 1.54) is 0 Å². The van der Waals surface area contributed by atoms with E-state index in [9.17, 15) is 19.2 Å². The van der Waals surface area contributed by atoms with Crippen LogP contribution in [0.5, 0.6) is 0 Å². The van der Waals surface area contributed by atoms with Gasteiger partial charge in [-0.25, -0.2) is 4.79 Å². The molecule has 1 saturated heterocycles. The molecule has 2 atom stereocenters. The van der Waals surface area contributed by atoms with Crippen molar-refractivity contribution < 1.29 is 24.3 Å². The Morgan fingerprint density at radius 3 is 2.30 bits per heavy atom. The third-order valence-electron chi connectivity index (χ3n) is 3.51. The van der Waals surface area contributed by atoms with Crippen LogP contribution >= 0.6 is 0 Å². The van der Waals surface area contributed by atoms with Gasteiger partial charge in [-0.3, -0.25) is 19.3 Å². The summed E-state index contributed by atoms with van der Waals surface area (Å²) >= 11 is 0. The molecule has 1 aliphatic heterocycles. The molecule has 7 nitrogen and oxygen atoms in total. The summed E-state index contributed by atoms with van der Waals surface area (Å²) in [6, 6.07) is -0.947. The van der Waals surface area contributed by atoms with E-state index in [1.54, 1.807) is 6.92 Å². The summed E-state index contributed by atoms with van der Waals surface area (Å²) in [5, 5.41) is 11.5. The van der Waals surface area contributed by atoms with Crippen LogP contribution in [0.2, 0.25) is 0 Å². The smallest absolute Gasteiger partial charge is 0.326 e. The average molecular weight is 284 g/mol. The van der Waals surface area contributed by atoms with Crippen molar-refractivity contribution in [3.63, 3.8) is 0 Å². The van der Waals surface area contributed by atoms with Crippen LogP contribution in [0.25, 0.3) is 0 Å². The highest BCUT2D eigenvalue weighted by molar-refractivity contribution is 6.02. The molecule has 0 unspecified atom stereocenters. The molecule has 2 N–H and O–H groups in total. The van der Waals surface area contributed by atoms with E-state index in [4.69, 9.17) is 5.11 Å². The number of hydrogen-bond donors (Lipinski definition) is 2. The van der Waals surface area contributed by atoms with Crippen LogP contribution in [0.1, 0.15) is 39.5 Å². The SMILES string of the molecule is CC[C@H](C)[C@H](NC(=O)CCN1C(=O)CCC1=O)C(=O)O. The summed E-state index contributed by atoms with van der Waals surface area (Å²) in [4.78, 5) is 46.6. The third kappa shape index (κ3) is 4.04. The second-order valence-corrected chi connectivity index (χ2v) is 4.96. The monoisotopic (exact) mass is 284 g/mol. The lowest BCUT2D eigenvalue weighted by atomic mass is 9.99. The molecule has 0 aromatic carbocycles. The van der Waals surface area contributed by atoms with Gasteiger partial charge in [0.15, 0.2) is 0 Å². The molecule has 1 fully saturated rings. The first-order valence-corrected chi connectivity index (χ1v) is 6.72. The molecule has 112 valence electrons. The quantitative estimate of drug-likeness (QED) is 0.647. The largest absolute Gasteiger partial charge is 0.480 e. The van der Waals surface area contributed by atoms with Gasteiger partial charge in [-0.15, -0.1) is 0 Å². The van der Waals surface area contributed by atoms with Crippen molar-refractivity contribution in [1.82, 2.24) is 10.2 Å². The number of carboxylic acid groups (broad SMARTS) is 1. The molecule has 1 aliphatic rings. The maximum absolute atomic E-state index is 11.7. The Labute approximate surface area is 117 Å². The van der Waals surface area contributed by atoms with Crippen molar-refractivity contribution in [3.8, 4) is 0 Å². The highest BCUT2D eigenvalue weighted by Gasteiger charge is 2.30. The standard InChI is InChI=1S/C13H20N2O5/c1-3-8(2)12(13(19)20)14-9(16)6-7-15-10(17)4-5-11(15)18/h8,12H,3-7H2,1-2H3,(H,14,16)(H,19,20)/t8-,12-/m0/s1. The van der Waals surface area contributed by atoms with Crippen molar-refractivity contribution >= 4 is 23.7 Å². The first kappa shape index (κ1) is 16.1. The third-order valence-corrected chi connectivity index (χ3v) is 3.51. The summed E-state index contributed by atoms with van der Waals surface area (Å²) in [6.45, 7) is 3.59. The van der Waals surface area contributed by atoms with Crippen molar-refractivity contribution in [2.24, 2.45) is 5.92 Å². The van der Waals surface area contributed by atoms with Crippen LogP contribution in [0.15, 0.2) is 0 Å². The van der Waals surface area contributed by atoms with E-state index in [0.29, 0.717) is 6.42 Å². The molecule has 0 spiro atoms. The van der Waals surface area contributed by atoms with Gasteiger partial charge in [0.25, 0.3) is 0 Å². The molecule has 0 bridgehead atoms. The molecule has 0 aromatic heterocycles. The summed E-state index contributed by atoms with van der Waals surface area (Å²) < 4.78 is 0. The lowest BCUT2D eigenvalue weighted by Crippen LogP contribution is -2.46. The van der Waals surface area contributed by atoms with E-state index in [1.807, 2.05) is 6.92 Å². The normalized spacial score (nSPS) is 18.0. The van der Waals surface area contributed by atoms with Crippen LogP contribution in [0.4, 0.5) is 0 Å². The van der Waals surface area contributed by atoms with E-state index in [-0.39, 0.29) is 43.5 Å². The fourth-order valence-corrected chi connectivity index (χ4v) is 2.01. The summed E-state index contributed by atoms with van der Waals surface area (Å²) in [5.41, 5.74) is 0. The second-order valence-electron chi connectivity index (χ2n) is 4.96. The van der Waals surface area contributed by atoms with Crippen molar-refractivity contribution in [2.75, 3.05) is 6.54 Å². The number of imide groups is 1. The molecule has 0 aromatic rings. The number of amides is 3. The summed E-state index contributed by atoms with van der Waals surface area (Å²) in [6.07, 6.45) is 0.925. The van der Waals surface area contributed by atoms with E-state index in [0.717, 1.165) is 4.90 Å². The van der Waals surface area contributed by atoms with Crippen LogP contribution < -0.4 is 5.32 Å². The molecule has 3 amide bonds. The minimum Gasteiger partial charge on any atom is -0.480 e. The van der Waals surface area contributed by atoms with Crippen LogP contribution in [0.3, 0.4) is 0 Å². The van der Waals surface area contributed by atoms with Gasteiger partial charge >= 0.3 is 5.97 Å². The Bertz CT molecular complexity index is 405. The zero-order valence-electron chi connectivity index (χ0n) is 11.7. The first-order chi connectivity index (χ1) is 9.36. The van der Waals surface area contributed by atoms with Gasteiger partial charge < -0.3 is 10.4 Å². The Kier molecular flexibility index (Phi) is 5.66. The predicted molar refractivity (Wildman–Crippen MR) is 69.6 cm³/mol.